The summed E-state index contributed by atoms with van der Waals surface area (Å²) in [5, 5.41) is 7.56. The van der Waals surface area contributed by atoms with Crippen molar-refractivity contribution in [3.63, 3.8) is 0 Å². The first-order valence-corrected chi connectivity index (χ1v) is 15.5. The van der Waals surface area contributed by atoms with E-state index in [-0.39, 0.29) is 0 Å². The van der Waals surface area contributed by atoms with Gasteiger partial charge in [-0.15, -0.1) is 0 Å². The number of hydrogen-bond acceptors (Lipinski definition) is 0. The minimum atomic E-state index is 1.15. The van der Waals surface area contributed by atoms with E-state index in [1.165, 1.54) is 71.1 Å². The Morgan fingerprint density at radius 3 is 1.13 bits per heavy atom. The lowest BCUT2D eigenvalue weighted by molar-refractivity contribution is 1.15. The molecule has 45 heavy (non-hydrogen) atoms. The molecule has 0 amide bonds. The van der Waals surface area contributed by atoms with Gasteiger partial charge in [-0.3, -0.25) is 0 Å². The van der Waals surface area contributed by atoms with Gasteiger partial charge in [-0.05, 0) is 66.7 Å². The fraction of sp³-hybridized carbons (Fsp3) is 0. The summed E-state index contributed by atoms with van der Waals surface area (Å²) in [5.74, 6) is 0. The van der Waals surface area contributed by atoms with Gasteiger partial charge in [0.05, 0.1) is 33.1 Å². The Hall–Kier alpha value is -6.06. The van der Waals surface area contributed by atoms with Crippen molar-refractivity contribution in [2.45, 2.75) is 0 Å². The molecule has 0 saturated carbocycles. The van der Waals surface area contributed by atoms with Crippen LogP contribution >= 0.6 is 0 Å². The van der Waals surface area contributed by atoms with Gasteiger partial charge in [-0.25, -0.2) is 0 Å². The SMILES string of the molecule is c1ccc(-n2c3ccc(-n4c5ccccc5c5ccccc54)cc3c3ccc(-n4c5ccccc5c5ccccc54)cc32)cc1. The predicted molar refractivity (Wildman–Crippen MR) is 189 cm³/mol. The molecule has 0 aliphatic rings. The van der Waals surface area contributed by atoms with Crippen LogP contribution in [0.5, 0.6) is 0 Å². The summed E-state index contributed by atoms with van der Waals surface area (Å²) in [7, 11) is 0. The number of hydrogen-bond donors (Lipinski definition) is 0. The highest BCUT2D eigenvalue weighted by Crippen LogP contribution is 2.39. The monoisotopic (exact) mass is 573 g/mol. The molecule has 0 aliphatic heterocycles. The zero-order valence-electron chi connectivity index (χ0n) is 24.4. The second kappa shape index (κ2) is 9.22. The second-order valence-electron chi connectivity index (χ2n) is 11.8. The Bertz CT molecular complexity index is 2650. The quantitative estimate of drug-likeness (QED) is 0.200. The van der Waals surface area contributed by atoms with Crippen molar-refractivity contribution in [2.24, 2.45) is 0 Å². The first kappa shape index (κ1) is 24.4. The van der Waals surface area contributed by atoms with Gasteiger partial charge in [0.1, 0.15) is 0 Å². The molecule has 7 aromatic carbocycles. The zero-order chi connectivity index (χ0) is 29.5. The summed E-state index contributed by atoms with van der Waals surface area (Å²) >= 11 is 0. The van der Waals surface area contributed by atoms with E-state index < -0.39 is 0 Å². The molecule has 0 saturated heterocycles. The average molecular weight is 574 g/mol. The third kappa shape index (κ3) is 3.41. The smallest absolute Gasteiger partial charge is 0.0561 e. The standard InChI is InChI=1S/C42H27N3/c1-2-12-28(13-3-1)43-41-25-23-29(44-37-18-8-4-14-31(37)32-15-5-9-19-38(32)44)26-36(41)35-24-22-30(27-42(35)43)45-39-20-10-6-16-33(39)34-17-7-11-21-40(34)45/h1-27H. The van der Waals surface area contributed by atoms with Crippen LogP contribution in [0.1, 0.15) is 0 Å². The van der Waals surface area contributed by atoms with E-state index in [1.807, 2.05) is 0 Å². The van der Waals surface area contributed by atoms with Crippen LogP contribution in [-0.4, -0.2) is 13.7 Å². The van der Waals surface area contributed by atoms with Crippen molar-refractivity contribution in [1.29, 1.82) is 0 Å². The third-order valence-electron chi connectivity index (χ3n) is 9.42. The van der Waals surface area contributed by atoms with Gasteiger partial charge >= 0.3 is 0 Å². The number of para-hydroxylation sites is 5. The van der Waals surface area contributed by atoms with Crippen molar-refractivity contribution in [3.05, 3.63) is 164 Å². The first-order valence-electron chi connectivity index (χ1n) is 15.5. The van der Waals surface area contributed by atoms with E-state index in [0.717, 1.165) is 11.4 Å². The summed E-state index contributed by atoms with van der Waals surface area (Å²) in [6, 6.07) is 59.5. The zero-order valence-corrected chi connectivity index (χ0v) is 24.4. The van der Waals surface area contributed by atoms with Gasteiger partial charge in [0.2, 0.25) is 0 Å². The van der Waals surface area contributed by atoms with E-state index >= 15 is 0 Å². The fourth-order valence-electron chi connectivity index (χ4n) is 7.53. The summed E-state index contributed by atoms with van der Waals surface area (Å²) in [6.07, 6.45) is 0. The summed E-state index contributed by atoms with van der Waals surface area (Å²) < 4.78 is 7.22. The molecule has 210 valence electrons. The Labute approximate surface area is 259 Å². The minimum absolute atomic E-state index is 1.15. The van der Waals surface area contributed by atoms with Gasteiger partial charge in [0.15, 0.2) is 0 Å². The maximum absolute atomic E-state index is 2.41. The van der Waals surface area contributed by atoms with Crippen LogP contribution in [0, 0.1) is 0 Å². The Balaban J connectivity index is 1.29. The highest BCUT2D eigenvalue weighted by Gasteiger charge is 2.18. The molecule has 10 rings (SSSR count). The van der Waals surface area contributed by atoms with Crippen LogP contribution in [0.3, 0.4) is 0 Å². The topological polar surface area (TPSA) is 14.8 Å². The van der Waals surface area contributed by atoms with Gasteiger partial charge in [-0.1, -0.05) is 97.1 Å². The van der Waals surface area contributed by atoms with Crippen molar-refractivity contribution >= 4 is 65.4 Å². The molecular formula is C42H27N3. The van der Waals surface area contributed by atoms with E-state index in [4.69, 9.17) is 0 Å². The lowest BCUT2D eigenvalue weighted by Gasteiger charge is -2.11. The molecule has 3 heteroatoms. The van der Waals surface area contributed by atoms with Gasteiger partial charge < -0.3 is 13.7 Å². The molecule has 3 heterocycles. The van der Waals surface area contributed by atoms with Crippen LogP contribution < -0.4 is 0 Å². The molecular weight excluding hydrogens is 546 g/mol. The van der Waals surface area contributed by atoms with Crippen LogP contribution in [0.4, 0.5) is 0 Å². The molecule has 3 aromatic heterocycles. The van der Waals surface area contributed by atoms with Crippen LogP contribution in [-0.2, 0) is 0 Å². The molecule has 0 spiro atoms. The van der Waals surface area contributed by atoms with Gasteiger partial charge in [0.25, 0.3) is 0 Å². The predicted octanol–water partition coefficient (Wildman–Crippen LogP) is 11.0. The summed E-state index contributed by atoms with van der Waals surface area (Å²) in [6.45, 7) is 0. The van der Waals surface area contributed by atoms with Crippen molar-refractivity contribution < 1.29 is 0 Å². The maximum atomic E-state index is 2.41. The van der Waals surface area contributed by atoms with Gasteiger partial charge in [-0.2, -0.15) is 0 Å². The highest BCUT2D eigenvalue weighted by atomic mass is 15.0. The number of rotatable bonds is 3. The van der Waals surface area contributed by atoms with Gasteiger partial charge in [0, 0.05) is 49.4 Å². The third-order valence-corrected chi connectivity index (χ3v) is 9.42. The number of fused-ring (bicyclic) bond motifs is 9. The molecule has 0 radical (unpaired) electrons. The van der Waals surface area contributed by atoms with E-state index in [2.05, 4.69) is 177 Å². The lowest BCUT2D eigenvalue weighted by Crippen LogP contribution is -1.97. The normalized spacial score (nSPS) is 12.0. The molecule has 3 nitrogen and oxygen atoms in total. The van der Waals surface area contributed by atoms with Crippen molar-refractivity contribution in [1.82, 2.24) is 13.7 Å². The Kier molecular flexibility index (Phi) is 5.00. The maximum Gasteiger partial charge on any atom is 0.0561 e. The first-order chi connectivity index (χ1) is 22.3. The molecule has 0 aliphatic carbocycles. The second-order valence-corrected chi connectivity index (χ2v) is 11.8. The molecule has 0 fully saturated rings. The molecule has 0 atom stereocenters. The fourth-order valence-corrected chi connectivity index (χ4v) is 7.53. The largest absolute Gasteiger partial charge is 0.309 e. The van der Waals surface area contributed by atoms with E-state index in [0.29, 0.717) is 0 Å². The lowest BCUT2D eigenvalue weighted by atomic mass is 10.1. The summed E-state index contributed by atoms with van der Waals surface area (Å²) in [4.78, 5) is 0. The molecule has 0 N–H and O–H groups in total. The Morgan fingerprint density at radius 2 is 0.600 bits per heavy atom. The number of benzene rings is 7. The minimum Gasteiger partial charge on any atom is -0.309 e. The summed E-state index contributed by atoms with van der Waals surface area (Å²) in [5.41, 5.74) is 10.7. The van der Waals surface area contributed by atoms with Crippen LogP contribution in [0.25, 0.3) is 82.5 Å². The van der Waals surface area contributed by atoms with Crippen LogP contribution in [0.2, 0.25) is 0 Å². The van der Waals surface area contributed by atoms with E-state index in [9.17, 15) is 0 Å². The number of aromatic nitrogens is 3. The average Bonchev–Trinajstić information content (AvgIpc) is 3.74. The number of nitrogens with zero attached hydrogens (tertiary/aromatic N) is 3. The van der Waals surface area contributed by atoms with Crippen molar-refractivity contribution in [3.8, 4) is 17.1 Å². The molecule has 0 unspecified atom stereocenters. The van der Waals surface area contributed by atoms with E-state index in [1.54, 1.807) is 0 Å². The van der Waals surface area contributed by atoms with Crippen LogP contribution in [0.15, 0.2) is 164 Å². The molecule has 10 aromatic rings. The Morgan fingerprint density at radius 1 is 0.222 bits per heavy atom. The molecule has 0 bridgehead atoms. The van der Waals surface area contributed by atoms with Crippen molar-refractivity contribution in [2.75, 3.05) is 0 Å². The highest BCUT2D eigenvalue weighted by molar-refractivity contribution is 6.13.